The Balaban J connectivity index is 0.00000176. The fraction of sp³-hybridized carbons (Fsp3) is 0.588. The molecule has 0 aromatic heterocycles. The van der Waals surface area contributed by atoms with E-state index in [4.69, 9.17) is 5.73 Å². The third-order valence-corrected chi connectivity index (χ3v) is 4.81. The molecule has 1 heterocycles. The first-order chi connectivity index (χ1) is 10.1. The quantitative estimate of drug-likeness (QED) is 0.443. The van der Waals surface area contributed by atoms with Gasteiger partial charge in [0, 0.05) is 13.1 Å². The van der Waals surface area contributed by atoms with Gasteiger partial charge in [0.25, 0.3) is 0 Å². The molecule has 122 valence electrons. The molecular formula is C17H26IN3O. The van der Waals surface area contributed by atoms with Gasteiger partial charge in [-0.1, -0.05) is 31.2 Å². The van der Waals surface area contributed by atoms with Gasteiger partial charge in [0.2, 0.25) is 0 Å². The van der Waals surface area contributed by atoms with Crippen LogP contribution in [0.3, 0.4) is 0 Å². The van der Waals surface area contributed by atoms with E-state index in [1.807, 2.05) is 18.2 Å². The van der Waals surface area contributed by atoms with E-state index in [-0.39, 0.29) is 24.0 Å². The van der Waals surface area contributed by atoms with E-state index in [0.29, 0.717) is 18.4 Å². The van der Waals surface area contributed by atoms with Gasteiger partial charge in [-0.3, -0.25) is 0 Å². The molecule has 3 rings (SSSR count). The summed E-state index contributed by atoms with van der Waals surface area (Å²) in [5.74, 6) is 1.25. The normalized spacial score (nSPS) is 28.2. The standard InChI is InChI=1S/C17H25N3O.HI/c1-13-5-4-10-20(11-13)16(18)19-12-17(21)9-8-14-6-2-3-7-15(14)17;/h2-3,6-7,13,21H,4-5,8-12H2,1H3,(H2,18,19);1H. The minimum atomic E-state index is -0.845. The molecule has 1 aromatic carbocycles. The van der Waals surface area contributed by atoms with Crippen LogP contribution in [-0.2, 0) is 12.0 Å². The largest absolute Gasteiger partial charge is 0.383 e. The highest BCUT2D eigenvalue weighted by Gasteiger charge is 2.36. The van der Waals surface area contributed by atoms with E-state index in [9.17, 15) is 5.11 Å². The van der Waals surface area contributed by atoms with Crippen LogP contribution in [0.1, 0.15) is 37.3 Å². The van der Waals surface area contributed by atoms with Crippen molar-refractivity contribution in [1.82, 2.24) is 4.90 Å². The predicted octanol–water partition coefficient (Wildman–Crippen LogP) is 2.49. The molecule has 1 aliphatic heterocycles. The van der Waals surface area contributed by atoms with E-state index in [1.54, 1.807) is 0 Å². The average Bonchev–Trinajstić information content (AvgIpc) is 2.83. The van der Waals surface area contributed by atoms with Gasteiger partial charge >= 0.3 is 0 Å². The Bertz CT molecular complexity index is 548. The van der Waals surface area contributed by atoms with Gasteiger partial charge in [-0.25, -0.2) is 4.99 Å². The first-order valence-corrected chi connectivity index (χ1v) is 7.94. The van der Waals surface area contributed by atoms with Crippen LogP contribution in [-0.4, -0.2) is 35.6 Å². The predicted molar refractivity (Wildman–Crippen MR) is 101 cm³/mol. The fourth-order valence-electron chi connectivity index (χ4n) is 3.54. The van der Waals surface area contributed by atoms with E-state index >= 15 is 0 Å². The number of nitrogens with two attached hydrogens (primary N) is 1. The lowest BCUT2D eigenvalue weighted by atomic mass is 9.96. The highest BCUT2D eigenvalue weighted by atomic mass is 127. The van der Waals surface area contributed by atoms with Gasteiger partial charge in [0.05, 0.1) is 6.54 Å². The van der Waals surface area contributed by atoms with Gasteiger partial charge in [-0.05, 0) is 42.7 Å². The van der Waals surface area contributed by atoms with Crippen LogP contribution in [0.4, 0.5) is 0 Å². The minimum absolute atomic E-state index is 0. The second-order valence-electron chi connectivity index (χ2n) is 6.56. The number of likely N-dealkylation sites (tertiary alicyclic amines) is 1. The first-order valence-electron chi connectivity index (χ1n) is 7.94. The molecule has 0 amide bonds. The number of hydrogen-bond acceptors (Lipinski definition) is 2. The number of hydrogen-bond donors (Lipinski definition) is 2. The van der Waals surface area contributed by atoms with E-state index in [0.717, 1.165) is 31.5 Å². The van der Waals surface area contributed by atoms with Crippen molar-refractivity contribution in [3.8, 4) is 0 Å². The monoisotopic (exact) mass is 415 g/mol. The maximum absolute atomic E-state index is 10.9. The summed E-state index contributed by atoms with van der Waals surface area (Å²) < 4.78 is 0. The molecule has 0 radical (unpaired) electrons. The number of aliphatic imine (C=N–C) groups is 1. The molecule has 1 aromatic rings. The van der Waals surface area contributed by atoms with Crippen molar-refractivity contribution < 1.29 is 5.11 Å². The van der Waals surface area contributed by atoms with Gasteiger partial charge in [0.1, 0.15) is 5.60 Å². The van der Waals surface area contributed by atoms with Crippen LogP contribution in [0, 0.1) is 5.92 Å². The number of guanidine groups is 1. The summed E-state index contributed by atoms with van der Waals surface area (Å²) in [7, 11) is 0. The highest BCUT2D eigenvalue weighted by molar-refractivity contribution is 14.0. The summed E-state index contributed by atoms with van der Waals surface area (Å²) >= 11 is 0. The Morgan fingerprint density at radius 2 is 2.23 bits per heavy atom. The molecule has 2 unspecified atom stereocenters. The van der Waals surface area contributed by atoms with Crippen molar-refractivity contribution >= 4 is 29.9 Å². The lowest BCUT2D eigenvalue weighted by Gasteiger charge is -2.32. The number of aliphatic hydroxyl groups is 1. The van der Waals surface area contributed by atoms with Gasteiger partial charge < -0.3 is 15.7 Å². The second-order valence-corrected chi connectivity index (χ2v) is 6.56. The SMILES string of the molecule is CC1CCCN(C(N)=NCC2(O)CCc3ccccc32)C1.I. The van der Waals surface area contributed by atoms with Crippen LogP contribution in [0.5, 0.6) is 0 Å². The zero-order chi connectivity index (χ0) is 14.9. The number of fused-ring (bicyclic) bond motifs is 1. The maximum Gasteiger partial charge on any atom is 0.191 e. The van der Waals surface area contributed by atoms with Crippen molar-refractivity contribution in [3.63, 3.8) is 0 Å². The summed E-state index contributed by atoms with van der Waals surface area (Å²) in [6, 6.07) is 8.11. The Kier molecular flexibility index (Phi) is 5.71. The number of rotatable bonds is 2. The molecule has 0 bridgehead atoms. The Labute approximate surface area is 149 Å². The summed E-state index contributed by atoms with van der Waals surface area (Å²) in [4.78, 5) is 6.66. The van der Waals surface area contributed by atoms with Gasteiger partial charge in [0.15, 0.2) is 5.96 Å². The van der Waals surface area contributed by atoms with E-state index in [2.05, 4.69) is 22.9 Å². The summed E-state index contributed by atoms with van der Waals surface area (Å²) in [5.41, 5.74) is 7.55. The molecule has 22 heavy (non-hydrogen) atoms. The number of aryl methyl sites for hydroxylation is 1. The topological polar surface area (TPSA) is 61.8 Å². The zero-order valence-corrected chi connectivity index (χ0v) is 15.5. The van der Waals surface area contributed by atoms with Crippen LogP contribution in [0.15, 0.2) is 29.3 Å². The summed E-state index contributed by atoms with van der Waals surface area (Å²) in [6.45, 7) is 4.57. The zero-order valence-electron chi connectivity index (χ0n) is 13.2. The lowest BCUT2D eigenvalue weighted by molar-refractivity contribution is 0.0482. The molecule has 2 atom stereocenters. The molecule has 3 N–H and O–H groups in total. The summed E-state index contributed by atoms with van der Waals surface area (Å²) in [6.07, 6.45) is 4.09. The highest BCUT2D eigenvalue weighted by Crippen LogP contribution is 2.36. The minimum Gasteiger partial charge on any atom is -0.383 e. The number of nitrogens with zero attached hydrogens (tertiary/aromatic N) is 2. The molecule has 1 fully saturated rings. The Morgan fingerprint density at radius 3 is 3.00 bits per heavy atom. The van der Waals surface area contributed by atoms with Crippen molar-refractivity contribution in [2.75, 3.05) is 19.6 Å². The van der Waals surface area contributed by atoms with Crippen molar-refractivity contribution in [3.05, 3.63) is 35.4 Å². The molecule has 4 nitrogen and oxygen atoms in total. The molecule has 1 saturated heterocycles. The van der Waals surface area contributed by atoms with Crippen LogP contribution < -0.4 is 5.73 Å². The molecular weight excluding hydrogens is 389 g/mol. The van der Waals surface area contributed by atoms with E-state index < -0.39 is 5.60 Å². The maximum atomic E-state index is 10.9. The van der Waals surface area contributed by atoms with Gasteiger partial charge in [-0.15, -0.1) is 24.0 Å². The van der Waals surface area contributed by atoms with E-state index in [1.165, 1.54) is 18.4 Å². The molecule has 0 spiro atoms. The second kappa shape index (κ2) is 7.17. The van der Waals surface area contributed by atoms with Crippen LogP contribution in [0.25, 0.3) is 0 Å². The fourth-order valence-corrected chi connectivity index (χ4v) is 3.54. The first kappa shape index (κ1) is 17.5. The summed E-state index contributed by atoms with van der Waals surface area (Å²) in [5, 5.41) is 10.9. The van der Waals surface area contributed by atoms with Crippen molar-refractivity contribution in [2.24, 2.45) is 16.6 Å². The molecule has 5 heteroatoms. The smallest absolute Gasteiger partial charge is 0.191 e. The van der Waals surface area contributed by atoms with Crippen molar-refractivity contribution in [2.45, 2.75) is 38.2 Å². The number of benzene rings is 1. The van der Waals surface area contributed by atoms with Crippen molar-refractivity contribution in [1.29, 1.82) is 0 Å². The molecule has 1 aliphatic carbocycles. The Hall–Kier alpha value is -0.820. The lowest BCUT2D eigenvalue weighted by Crippen LogP contribution is -2.44. The average molecular weight is 415 g/mol. The molecule has 0 saturated carbocycles. The number of piperidine rings is 1. The van der Waals surface area contributed by atoms with Crippen LogP contribution >= 0.6 is 24.0 Å². The van der Waals surface area contributed by atoms with Crippen LogP contribution in [0.2, 0.25) is 0 Å². The Morgan fingerprint density at radius 1 is 1.45 bits per heavy atom. The number of halogens is 1. The molecule has 2 aliphatic rings. The third-order valence-electron chi connectivity index (χ3n) is 4.81. The third kappa shape index (κ3) is 3.56. The van der Waals surface area contributed by atoms with Gasteiger partial charge in [-0.2, -0.15) is 0 Å².